The van der Waals surface area contributed by atoms with Crippen LogP contribution in [0.4, 0.5) is 5.95 Å². The lowest BCUT2D eigenvalue weighted by molar-refractivity contribution is 0.475. The topological polar surface area (TPSA) is 116 Å². The summed E-state index contributed by atoms with van der Waals surface area (Å²) in [5.74, 6) is 0.757. The van der Waals surface area contributed by atoms with E-state index >= 15 is 0 Å². The minimum absolute atomic E-state index is 0.186. The van der Waals surface area contributed by atoms with Gasteiger partial charge in [-0.05, 0) is 30.5 Å². The molecular weight excluding hydrogens is 322 g/mol. The van der Waals surface area contributed by atoms with E-state index in [0.29, 0.717) is 24.1 Å². The molecule has 8 nitrogen and oxygen atoms in total. The van der Waals surface area contributed by atoms with Crippen LogP contribution in [-0.4, -0.2) is 30.7 Å². The van der Waals surface area contributed by atoms with Gasteiger partial charge in [-0.15, -0.1) is 0 Å². The van der Waals surface area contributed by atoms with Crippen LogP contribution >= 0.6 is 0 Å². The van der Waals surface area contributed by atoms with Gasteiger partial charge in [0.2, 0.25) is 5.95 Å². The molecule has 1 aliphatic carbocycles. The fraction of sp³-hybridized carbons (Fsp3) is 0.353. The first-order chi connectivity index (χ1) is 12.1. The molecule has 2 heterocycles. The highest BCUT2D eigenvalue weighted by Crippen LogP contribution is 2.24. The van der Waals surface area contributed by atoms with Gasteiger partial charge in [0.15, 0.2) is 11.2 Å². The molecular formula is C17H19N5O3. The van der Waals surface area contributed by atoms with E-state index in [1.54, 1.807) is 28.8 Å². The summed E-state index contributed by atoms with van der Waals surface area (Å²) in [6.07, 6.45) is 4.48. The Morgan fingerprint density at radius 1 is 1.16 bits per heavy atom. The summed E-state index contributed by atoms with van der Waals surface area (Å²) in [7, 11) is 0. The number of benzene rings is 1. The Bertz CT molecular complexity index is 1010. The molecule has 0 bridgehead atoms. The molecule has 1 aromatic carbocycles. The second kappa shape index (κ2) is 6.12. The molecule has 1 fully saturated rings. The minimum Gasteiger partial charge on any atom is -0.508 e. The number of aromatic amines is 2. The van der Waals surface area contributed by atoms with Gasteiger partial charge in [0.05, 0.1) is 6.54 Å². The van der Waals surface area contributed by atoms with Crippen LogP contribution in [0, 0.1) is 0 Å². The van der Waals surface area contributed by atoms with Crippen molar-refractivity contribution >= 4 is 17.1 Å². The van der Waals surface area contributed by atoms with E-state index in [-0.39, 0.29) is 11.4 Å². The van der Waals surface area contributed by atoms with Crippen molar-refractivity contribution in [1.29, 1.82) is 0 Å². The molecule has 4 N–H and O–H groups in total. The predicted octanol–water partition coefficient (Wildman–Crippen LogP) is 1.52. The summed E-state index contributed by atoms with van der Waals surface area (Å²) in [4.78, 5) is 33.2. The zero-order valence-electron chi connectivity index (χ0n) is 13.6. The Labute approximate surface area is 142 Å². The molecule has 130 valence electrons. The average molecular weight is 341 g/mol. The van der Waals surface area contributed by atoms with Crippen molar-refractivity contribution in [1.82, 2.24) is 19.5 Å². The molecule has 4 rings (SSSR count). The number of nitrogens with zero attached hydrogens (tertiary/aromatic N) is 2. The first-order valence-electron chi connectivity index (χ1n) is 8.37. The van der Waals surface area contributed by atoms with Crippen molar-refractivity contribution < 1.29 is 5.11 Å². The van der Waals surface area contributed by atoms with E-state index in [4.69, 9.17) is 0 Å². The van der Waals surface area contributed by atoms with Crippen molar-refractivity contribution in [2.24, 2.45) is 0 Å². The number of hydrogen-bond donors (Lipinski definition) is 4. The van der Waals surface area contributed by atoms with Crippen molar-refractivity contribution in [2.45, 2.75) is 38.3 Å². The monoisotopic (exact) mass is 341 g/mol. The molecule has 0 atom stereocenters. The molecule has 2 aromatic heterocycles. The number of imidazole rings is 1. The first-order valence-corrected chi connectivity index (χ1v) is 8.37. The fourth-order valence-corrected chi connectivity index (χ4v) is 3.37. The highest BCUT2D eigenvalue weighted by Gasteiger charge is 2.20. The van der Waals surface area contributed by atoms with Crippen LogP contribution in [0.25, 0.3) is 11.2 Å². The van der Waals surface area contributed by atoms with E-state index < -0.39 is 11.2 Å². The van der Waals surface area contributed by atoms with Gasteiger partial charge >= 0.3 is 5.69 Å². The highest BCUT2D eigenvalue weighted by molar-refractivity contribution is 5.73. The normalized spacial score (nSPS) is 15.0. The molecule has 0 amide bonds. The van der Waals surface area contributed by atoms with Crippen LogP contribution < -0.4 is 16.6 Å². The molecule has 1 aliphatic rings. The van der Waals surface area contributed by atoms with Gasteiger partial charge in [-0.25, -0.2) is 4.79 Å². The van der Waals surface area contributed by atoms with E-state index in [2.05, 4.69) is 20.3 Å². The molecule has 0 saturated heterocycles. The summed E-state index contributed by atoms with van der Waals surface area (Å²) >= 11 is 0. The number of hydrogen-bond acceptors (Lipinski definition) is 5. The standard InChI is InChI=1S/C17H19N5O3/c23-12-7-5-10(6-8-12)9-22-13-14(20-17(25)21-15(13)24)19-16(22)18-11-3-1-2-4-11/h5-8,11,23H,1-4,9H2,(H3,18,19,20,21,24,25). The second-order valence-electron chi connectivity index (χ2n) is 6.42. The van der Waals surface area contributed by atoms with Crippen LogP contribution in [0.2, 0.25) is 0 Å². The average Bonchev–Trinajstić information content (AvgIpc) is 3.18. The largest absolute Gasteiger partial charge is 0.508 e. The zero-order chi connectivity index (χ0) is 17.4. The maximum absolute atomic E-state index is 12.3. The number of fused-ring (bicyclic) bond motifs is 1. The van der Waals surface area contributed by atoms with Crippen LogP contribution in [0.15, 0.2) is 33.9 Å². The maximum Gasteiger partial charge on any atom is 0.327 e. The van der Waals surface area contributed by atoms with Gasteiger partial charge in [-0.3, -0.25) is 19.3 Å². The van der Waals surface area contributed by atoms with Gasteiger partial charge in [0, 0.05) is 6.04 Å². The van der Waals surface area contributed by atoms with Crippen molar-refractivity contribution in [3.8, 4) is 5.75 Å². The summed E-state index contributed by atoms with van der Waals surface area (Å²) in [6, 6.07) is 7.11. The smallest absolute Gasteiger partial charge is 0.327 e. The molecule has 0 spiro atoms. The van der Waals surface area contributed by atoms with Crippen LogP contribution in [0.1, 0.15) is 31.2 Å². The van der Waals surface area contributed by atoms with E-state index in [9.17, 15) is 14.7 Å². The number of aromatic nitrogens is 4. The lowest BCUT2D eigenvalue weighted by Crippen LogP contribution is -2.24. The predicted molar refractivity (Wildman–Crippen MR) is 94.1 cm³/mol. The number of phenolic OH excluding ortho intramolecular Hbond substituents is 1. The number of aromatic hydroxyl groups is 1. The van der Waals surface area contributed by atoms with Gasteiger partial charge in [-0.2, -0.15) is 4.98 Å². The third-order valence-electron chi connectivity index (χ3n) is 4.61. The van der Waals surface area contributed by atoms with Crippen molar-refractivity contribution in [2.75, 3.05) is 5.32 Å². The summed E-state index contributed by atoms with van der Waals surface area (Å²) in [5.41, 5.74) is 0.474. The molecule has 0 radical (unpaired) electrons. The first kappa shape index (κ1) is 15.5. The van der Waals surface area contributed by atoms with Crippen LogP contribution in [-0.2, 0) is 6.54 Å². The fourth-order valence-electron chi connectivity index (χ4n) is 3.37. The molecule has 3 aromatic rings. The van der Waals surface area contributed by atoms with Crippen molar-refractivity contribution in [3.05, 3.63) is 50.7 Å². The van der Waals surface area contributed by atoms with Crippen LogP contribution in [0.5, 0.6) is 5.75 Å². The van der Waals surface area contributed by atoms with E-state index in [0.717, 1.165) is 18.4 Å². The second-order valence-corrected chi connectivity index (χ2v) is 6.42. The summed E-state index contributed by atoms with van der Waals surface area (Å²) in [5, 5.41) is 12.9. The number of phenols is 1. The quantitative estimate of drug-likeness (QED) is 0.574. The Hall–Kier alpha value is -3.03. The number of rotatable bonds is 4. The zero-order valence-corrected chi connectivity index (χ0v) is 13.6. The number of anilines is 1. The van der Waals surface area contributed by atoms with Gasteiger partial charge < -0.3 is 10.4 Å². The molecule has 25 heavy (non-hydrogen) atoms. The third-order valence-corrected chi connectivity index (χ3v) is 4.61. The Morgan fingerprint density at radius 3 is 2.60 bits per heavy atom. The lowest BCUT2D eigenvalue weighted by atomic mass is 10.2. The number of nitrogens with one attached hydrogen (secondary N) is 3. The molecule has 8 heteroatoms. The number of H-pyrrole nitrogens is 2. The summed E-state index contributed by atoms with van der Waals surface area (Å²) < 4.78 is 1.77. The Morgan fingerprint density at radius 2 is 1.88 bits per heavy atom. The highest BCUT2D eigenvalue weighted by atomic mass is 16.3. The summed E-state index contributed by atoms with van der Waals surface area (Å²) in [6.45, 7) is 0.404. The van der Waals surface area contributed by atoms with Crippen molar-refractivity contribution in [3.63, 3.8) is 0 Å². The Kier molecular flexibility index (Phi) is 3.79. The van der Waals surface area contributed by atoms with Gasteiger partial charge in [0.25, 0.3) is 5.56 Å². The lowest BCUT2D eigenvalue weighted by Gasteiger charge is -2.15. The SMILES string of the molecule is O=c1[nH]c(=O)c2c(nc(NC3CCCC3)n2Cc2ccc(O)cc2)[nH]1. The molecule has 1 saturated carbocycles. The van der Waals surface area contributed by atoms with E-state index in [1.807, 2.05) is 0 Å². The van der Waals surface area contributed by atoms with E-state index in [1.165, 1.54) is 12.8 Å². The third kappa shape index (κ3) is 3.02. The maximum atomic E-state index is 12.3. The molecule has 0 unspecified atom stereocenters. The minimum atomic E-state index is -0.570. The van der Waals surface area contributed by atoms with Gasteiger partial charge in [-0.1, -0.05) is 25.0 Å². The van der Waals surface area contributed by atoms with Crippen LogP contribution in [0.3, 0.4) is 0 Å². The Balaban J connectivity index is 1.81. The molecule has 0 aliphatic heterocycles. The van der Waals surface area contributed by atoms with Gasteiger partial charge in [0.1, 0.15) is 5.75 Å².